The molecule has 0 aromatic heterocycles. The summed E-state index contributed by atoms with van der Waals surface area (Å²) in [7, 11) is 0. The van der Waals surface area contributed by atoms with Gasteiger partial charge in [-0.2, -0.15) is 35.3 Å². The molecule has 0 N–H and O–H groups in total. The van der Waals surface area contributed by atoms with E-state index in [0.717, 1.165) is 0 Å². The van der Waals surface area contributed by atoms with Crippen molar-refractivity contribution >= 4 is 35.3 Å². The van der Waals surface area contributed by atoms with Gasteiger partial charge in [-0.3, -0.25) is 0 Å². The predicted molar refractivity (Wildman–Crippen MR) is 71.4 cm³/mol. The van der Waals surface area contributed by atoms with Gasteiger partial charge in [0.2, 0.25) is 0 Å². The minimum absolute atomic E-state index is 1.29. The molecule has 0 radical (unpaired) electrons. The molecule has 4 rings (SSSR count). The van der Waals surface area contributed by atoms with E-state index in [1.807, 2.05) is 0 Å². The Morgan fingerprint density at radius 1 is 0.400 bits per heavy atom. The lowest BCUT2D eigenvalue weighted by Gasteiger charge is -2.13. The fourth-order valence-corrected chi connectivity index (χ4v) is 6.53. The first-order valence-electron chi connectivity index (χ1n) is 5.35. The average Bonchev–Trinajstić information content (AvgIpc) is 2.97. The lowest BCUT2D eigenvalue weighted by atomic mass is 9.90. The number of rotatable bonds is 0. The van der Waals surface area contributed by atoms with Gasteiger partial charge >= 0.3 is 0 Å². The lowest BCUT2D eigenvalue weighted by molar-refractivity contribution is 1.14. The fourth-order valence-electron chi connectivity index (χ4n) is 2.90. The van der Waals surface area contributed by atoms with Gasteiger partial charge in [0.25, 0.3) is 0 Å². The molecule has 0 saturated heterocycles. The Bertz CT molecular complexity index is 325. The summed E-state index contributed by atoms with van der Waals surface area (Å²) in [6.07, 6.45) is 0. The molecule has 0 aliphatic carbocycles. The topological polar surface area (TPSA) is 0 Å². The first-order chi connectivity index (χ1) is 7.45. The average molecular weight is 252 g/mol. The molecule has 0 fully saturated rings. The third kappa shape index (κ3) is 1.20. The number of hydrogen-bond acceptors (Lipinski definition) is 3. The zero-order valence-corrected chi connectivity index (χ0v) is 10.9. The van der Waals surface area contributed by atoms with Gasteiger partial charge in [-0.05, 0) is 33.4 Å². The van der Waals surface area contributed by atoms with Crippen molar-refractivity contribution in [3.63, 3.8) is 0 Å². The zero-order valence-electron chi connectivity index (χ0n) is 8.47. The molecule has 78 valence electrons. The number of hydrogen-bond donors (Lipinski definition) is 0. The summed E-state index contributed by atoms with van der Waals surface area (Å²) in [6.45, 7) is 0. The van der Waals surface area contributed by atoms with Crippen LogP contribution in [0.1, 0.15) is 33.4 Å². The van der Waals surface area contributed by atoms with E-state index in [9.17, 15) is 0 Å². The zero-order chi connectivity index (χ0) is 9.83. The Balaban J connectivity index is 2.08. The molecule has 3 aliphatic rings. The van der Waals surface area contributed by atoms with Crippen LogP contribution in [0.2, 0.25) is 0 Å². The van der Waals surface area contributed by atoms with Gasteiger partial charge < -0.3 is 0 Å². The maximum absolute atomic E-state index is 2.12. The standard InChI is InChI=1S/C12H12S3/c1-7-8(2-13-1)10-4-15-6-12(10)11-5-14-3-9(7)11/h1-6H2. The molecule has 0 amide bonds. The summed E-state index contributed by atoms with van der Waals surface area (Å²) in [4.78, 5) is 0. The maximum atomic E-state index is 2.12. The van der Waals surface area contributed by atoms with Crippen LogP contribution in [0.4, 0.5) is 0 Å². The minimum Gasteiger partial charge on any atom is -0.152 e. The highest BCUT2D eigenvalue weighted by Gasteiger charge is 2.30. The van der Waals surface area contributed by atoms with E-state index in [1.165, 1.54) is 34.5 Å². The van der Waals surface area contributed by atoms with Crippen LogP contribution in [0.25, 0.3) is 0 Å². The van der Waals surface area contributed by atoms with Crippen LogP contribution in [0.3, 0.4) is 0 Å². The molecule has 0 atom stereocenters. The van der Waals surface area contributed by atoms with E-state index >= 15 is 0 Å². The van der Waals surface area contributed by atoms with Crippen LogP contribution in [0, 0.1) is 0 Å². The van der Waals surface area contributed by atoms with Crippen molar-refractivity contribution < 1.29 is 0 Å². The molecule has 0 unspecified atom stereocenters. The van der Waals surface area contributed by atoms with Crippen LogP contribution in [-0.4, -0.2) is 0 Å². The van der Waals surface area contributed by atoms with Crippen molar-refractivity contribution in [3.05, 3.63) is 33.4 Å². The van der Waals surface area contributed by atoms with E-state index in [2.05, 4.69) is 35.3 Å². The van der Waals surface area contributed by atoms with Gasteiger partial charge in [-0.25, -0.2) is 0 Å². The molecule has 3 heteroatoms. The molecule has 0 spiro atoms. The van der Waals surface area contributed by atoms with E-state index in [-0.39, 0.29) is 0 Å². The lowest BCUT2D eigenvalue weighted by Crippen LogP contribution is -2.01. The van der Waals surface area contributed by atoms with Crippen LogP contribution in [0.5, 0.6) is 0 Å². The van der Waals surface area contributed by atoms with Gasteiger partial charge in [0.05, 0.1) is 0 Å². The molecule has 0 bridgehead atoms. The van der Waals surface area contributed by atoms with Crippen molar-refractivity contribution in [3.8, 4) is 0 Å². The van der Waals surface area contributed by atoms with E-state index < -0.39 is 0 Å². The molecule has 1 aromatic carbocycles. The first-order valence-corrected chi connectivity index (χ1v) is 8.82. The minimum atomic E-state index is 1.29. The predicted octanol–water partition coefficient (Wildman–Crippen LogP) is 3.93. The Morgan fingerprint density at radius 2 is 0.600 bits per heavy atom. The van der Waals surface area contributed by atoms with Crippen molar-refractivity contribution in [2.75, 3.05) is 0 Å². The molecule has 15 heavy (non-hydrogen) atoms. The molecular weight excluding hydrogens is 240 g/mol. The molecule has 0 nitrogen and oxygen atoms in total. The monoisotopic (exact) mass is 252 g/mol. The first kappa shape index (κ1) is 9.32. The summed E-state index contributed by atoms with van der Waals surface area (Å²) in [5, 5.41) is 0. The SMILES string of the molecule is C1SCc2c1c1c(c3c2CSC3)CSC1. The van der Waals surface area contributed by atoms with Crippen molar-refractivity contribution in [1.29, 1.82) is 0 Å². The Kier molecular flexibility index (Phi) is 2.10. The largest absolute Gasteiger partial charge is 0.152 e. The van der Waals surface area contributed by atoms with E-state index in [4.69, 9.17) is 0 Å². The van der Waals surface area contributed by atoms with Gasteiger partial charge in [-0.1, -0.05) is 0 Å². The Labute approximate surface area is 103 Å². The second-order valence-electron chi connectivity index (χ2n) is 4.35. The molecule has 3 heterocycles. The van der Waals surface area contributed by atoms with Gasteiger partial charge in [0.15, 0.2) is 0 Å². The van der Waals surface area contributed by atoms with Crippen LogP contribution >= 0.6 is 35.3 Å². The van der Waals surface area contributed by atoms with E-state index in [1.54, 1.807) is 33.4 Å². The number of thioether (sulfide) groups is 3. The summed E-state index contributed by atoms with van der Waals surface area (Å²) < 4.78 is 0. The van der Waals surface area contributed by atoms with Gasteiger partial charge in [0.1, 0.15) is 0 Å². The maximum Gasteiger partial charge on any atom is 0.0194 e. The quantitative estimate of drug-likeness (QED) is 0.687. The van der Waals surface area contributed by atoms with Crippen LogP contribution in [0.15, 0.2) is 0 Å². The summed E-state index contributed by atoms with van der Waals surface area (Å²) in [5.74, 6) is 7.73. The Hall–Kier alpha value is 0.270. The van der Waals surface area contributed by atoms with Crippen molar-refractivity contribution in [1.82, 2.24) is 0 Å². The van der Waals surface area contributed by atoms with Crippen LogP contribution in [-0.2, 0) is 34.5 Å². The highest BCUT2D eigenvalue weighted by atomic mass is 32.2. The smallest absolute Gasteiger partial charge is 0.0194 e. The third-order valence-electron chi connectivity index (χ3n) is 3.66. The van der Waals surface area contributed by atoms with Crippen molar-refractivity contribution in [2.45, 2.75) is 34.5 Å². The third-order valence-corrected chi connectivity index (χ3v) is 6.62. The molecule has 0 saturated carbocycles. The fraction of sp³-hybridized carbons (Fsp3) is 0.500. The van der Waals surface area contributed by atoms with Gasteiger partial charge in [-0.15, -0.1) is 0 Å². The van der Waals surface area contributed by atoms with E-state index in [0.29, 0.717) is 0 Å². The second-order valence-corrected chi connectivity index (χ2v) is 7.31. The molecule has 3 aliphatic heterocycles. The van der Waals surface area contributed by atoms with Gasteiger partial charge in [0, 0.05) is 34.5 Å². The molecular formula is C12H12S3. The summed E-state index contributed by atoms with van der Waals surface area (Å²) in [6, 6.07) is 0. The Morgan fingerprint density at radius 3 is 0.800 bits per heavy atom. The van der Waals surface area contributed by atoms with Crippen LogP contribution < -0.4 is 0 Å². The second kappa shape index (κ2) is 3.38. The number of fused-ring (bicyclic) bond motifs is 6. The summed E-state index contributed by atoms with van der Waals surface area (Å²) in [5.41, 5.74) is 10.4. The van der Waals surface area contributed by atoms with Crippen molar-refractivity contribution in [2.24, 2.45) is 0 Å². The highest BCUT2D eigenvalue weighted by Crippen LogP contribution is 2.48. The highest BCUT2D eigenvalue weighted by molar-refractivity contribution is 7.98. The number of benzene rings is 1. The molecule has 1 aromatic rings. The normalized spacial score (nSPS) is 21.6. The summed E-state index contributed by atoms with van der Waals surface area (Å²) >= 11 is 6.35.